The van der Waals surface area contributed by atoms with Crippen LogP contribution in [0.2, 0.25) is 0 Å². The average Bonchev–Trinajstić information content (AvgIpc) is 2.73. The van der Waals surface area contributed by atoms with Crippen molar-refractivity contribution < 1.29 is 5.11 Å². The molecular formula is C12H19N5O2. The third-order valence-electron chi connectivity index (χ3n) is 2.89. The lowest BCUT2D eigenvalue weighted by Gasteiger charge is -2.15. The summed E-state index contributed by atoms with van der Waals surface area (Å²) in [4.78, 5) is 16.3. The van der Waals surface area contributed by atoms with E-state index in [9.17, 15) is 9.90 Å². The molecule has 2 rings (SSSR count). The molecule has 2 heterocycles. The molecule has 2 aromatic heterocycles. The number of aromatic nitrogens is 4. The van der Waals surface area contributed by atoms with Crippen molar-refractivity contribution in [3.8, 4) is 0 Å². The maximum atomic E-state index is 12.2. The Morgan fingerprint density at radius 2 is 2.21 bits per heavy atom. The van der Waals surface area contributed by atoms with Crippen molar-refractivity contribution in [1.29, 1.82) is 0 Å². The van der Waals surface area contributed by atoms with Gasteiger partial charge in [-0.05, 0) is 0 Å². The highest BCUT2D eigenvalue weighted by atomic mass is 16.3. The van der Waals surface area contributed by atoms with E-state index in [1.807, 2.05) is 13.8 Å². The number of hydrogen-bond donors (Lipinski definition) is 2. The van der Waals surface area contributed by atoms with Crippen LogP contribution in [0.4, 0.5) is 0 Å². The van der Waals surface area contributed by atoms with E-state index >= 15 is 0 Å². The number of hydrogen-bond acceptors (Lipinski definition) is 5. The zero-order valence-electron chi connectivity index (χ0n) is 11.4. The van der Waals surface area contributed by atoms with Crippen LogP contribution in [-0.4, -0.2) is 43.1 Å². The SMILES string of the molecule is CC(C)NCC(O)Cn1cnc2c(cnn2C)c1=O. The molecule has 1 atom stereocenters. The molecule has 19 heavy (non-hydrogen) atoms. The lowest BCUT2D eigenvalue weighted by molar-refractivity contribution is 0.147. The van der Waals surface area contributed by atoms with Crippen molar-refractivity contribution in [2.24, 2.45) is 7.05 Å². The quantitative estimate of drug-likeness (QED) is 0.760. The van der Waals surface area contributed by atoms with Crippen LogP contribution in [0.1, 0.15) is 13.8 Å². The van der Waals surface area contributed by atoms with Gasteiger partial charge in [-0.1, -0.05) is 13.8 Å². The van der Waals surface area contributed by atoms with Crippen LogP contribution in [0.3, 0.4) is 0 Å². The fourth-order valence-corrected chi connectivity index (χ4v) is 1.86. The molecular weight excluding hydrogens is 246 g/mol. The monoisotopic (exact) mass is 265 g/mol. The van der Waals surface area contributed by atoms with Gasteiger partial charge in [0.05, 0.1) is 18.8 Å². The number of nitrogens with zero attached hydrogens (tertiary/aromatic N) is 4. The Hall–Kier alpha value is -1.73. The van der Waals surface area contributed by atoms with Gasteiger partial charge in [-0.2, -0.15) is 5.10 Å². The second-order valence-electron chi connectivity index (χ2n) is 4.92. The maximum Gasteiger partial charge on any atom is 0.264 e. The Balaban J connectivity index is 2.17. The molecule has 7 nitrogen and oxygen atoms in total. The molecule has 0 aliphatic heterocycles. The van der Waals surface area contributed by atoms with E-state index in [1.165, 1.54) is 17.1 Å². The van der Waals surface area contributed by atoms with Crippen molar-refractivity contribution in [2.75, 3.05) is 6.54 Å². The Kier molecular flexibility index (Phi) is 3.96. The second-order valence-corrected chi connectivity index (χ2v) is 4.92. The van der Waals surface area contributed by atoms with Crippen LogP contribution in [0.25, 0.3) is 11.0 Å². The molecule has 0 aliphatic carbocycles. The molecule has 7 heteroatoms. The molecule has 0 saturated carbocycles. The van der Waals surface area contributed by atoms with E-state index in [1.54, 1.807) is 11.7 Å². The van der Waals surface area contributed by atoms with Gasteiger partial charge >= 0.3 is 0 Å². The van der Waals surface area contributed by atoms with Gasteiger partial charge in [0.1, 0.15) is 11.7 Å². The van der Waals surface area contributed by atoms with Crippen molar-refractivity contribution in [2.45, 2.75) is 32.5 Å². The molecule has 0 aliphatic rings. The van der Waals surface area contributed by atoms with Gasteiger partial charge in [-0.25, -0.2) is 4.98 Å². The van der Waals surface area contributed by atoms with Gasteiger partial charge in [-0.15, -0.1) is 0 Å². The maximum absolute atomic E-state index is 12.2. The van der Waals surface area contributed by atoms with E-state index < -0.39 is 6.10 Å². The molecule has 0 radical (unpaired) electrons. The summed E-state index contributed by atoms with van der Waals surface area (Å²) >= 11 is 0. The van der Waals surface area contributed by atoms with Crippen LogP contribution in [0, 0.1) is 0 Å². The molecule has 0 amide bonds. The minimum absolute atomic E-state index is 0.179. The minimum atomic E-state index is -0.629. The van der Waals surface area contributed by atoms with Gasteiger partial charge in [0.15, 0.2) is 5.65 Å². The number of aliphatic hydroxyl groups excluding tert-OH is 1. The molecule has 104 valence electrons. The Labute approximate surface area is 110 Å². The highest BCUT2D eigenvalue weighted by molar-refractivity contribution is 5.72. The van der Waals surface area contributed by atoms with Crippen molar-refractivity contribution in [3.05, 3.63) is 22.9 Å². The summed E-state index contributed by atoms with van der Waals surface area (Å²) < 4.78 is 2.97. The van der Waals surface area contributed by atoms with E-state index in [-0.39, 0.29) is 12.1 Å². The molecule has 0 saturated heterocycles. The van der Waals surface area contributed by atoms with Gasteiger partial charge in [-0.3, -0.25) is 14.0 Å². The predicted octanol–water partition coefficient (Wildman–Crippen LogP) is -0.511. The molecule has 0 fully saturated rings. The number of rotatable bonds is 5. The molecule has 0 aromatic carbocycles. The summed E-state index contributed by atoms with van der Waals surface area (Å²) in [6.07, 6.45) is 2.32. The number of fused-ring (bicyclic) bond motifs is 1. The highest BCUT2D eigenvalue weighted by Crippen LogP contribution is 2.03. The summed E-state index contributed by atoms with van der Waals surface area (Å²) in [7, 11) is 1.74. The van der Waals surface area contributed by atoms with E-state index in [0.29, 0.717) is 23.6 Å². The minimum Gasteiger partial charge on any atom is -0.390 e. The van der Waals surface area contributed by atoms with Gasteiger partial charge in [0.25, 0.3) is 5.56 Å². The Bertz CT molecular complexity index is 616. The van der Waals surface area contributed by atoms with Crippen molar-refractivity contribution >= 4 is 11.0 Å². The van der Waals surface area contributed by atoms with Crippen LogP contribution in [-0.2, 0) is 13.6 Å². The normalized spacial score (nSPS) is 13.3. The highest BCUT2D eigenvalue weighted by Gasteiger charge is 2.11. The first kappa shape index (κ1) is 13.7. The number of aryl methyl sites for hydroxylation is 1. The van der Waals surface area contributed by atoms with Gasteiger partial charge in [0.2, 0.25) is 0 Å². The van der Waals surface area contributed by atoms with E-state index in [2.05, 4.69) is 15.4 Å². The summed E-state index contributed by atoms with van der Waals surface area (Å²) in [5, 5.41) is 17.5. The smallest absolute Gasteiger partial charge is 0.264 e. The van der Waals surface area contributed by atoms with Gasteiger partial charge in [0, 0.05) is 19.6 Å². The first-order chi connectivity index (χ1) is 8.99. The van der Waals surface area contributed by atoms with Crippen molar-refractivity contribution in [1.82, 2.24) is 24.6 Å². The zero-order valence-corrected chi connectivity index (χ0v) is 11.4. The largest absolute Gasteiger partial charge is 0.390 e. The third kappa shape index (κ3) is 2.99. The molecule has 2 aromatic rings. The van der Waals surface area contributed by atoms with Crippen LogP contribution < -0.4 is 10.9 Å². The van der Waals surface area contributed by atoms with Crippen LogP contribution >= 0.6 is 0 Å². The first-order valence-electron chi connectivity index (χ1n) is 6.27. The number of aliphatic hydroxyl groups is 1. The van der Waals surface area contributed by atoms with E-state index in [0.717, 1.165) is 0 Å². The summed E-state index contributed by atoms with van der Waals surface area (Å²) in [6.45, 7) is 4.66. The molecule has 0 spiro atoms. The third-order valence-corrected chi connectivity index (χ3v) is 2.89. The zero-order chi connectivity index (χ0) is 14.0. The standard InChI is InChI=1S/C12H19N5O2/c1-8(2)13-4-9(18)6-17-7-14-11-10(12(17)19)5-15-16(11)3/h5,7-9,13,18H,4,6H2,1-3H3. The van der Waals surface area contributed by atoms with Crippen molar-refractivity contribution in [3.63, 3.8) is 0 Å². The molecule has 1 unspecified atom stereocenters. The number of nitrogens with one attached hydrogen (secondary N) is 1. The molecule has 0 bridgehead atoms. The Morgan fingerprint density at radius 3 is 2.89 bits per heavy atom. The van der Waals surface area contributed by atoms with Crippen LogP contribution in [0.5, 0.6) is 0 Å². The second kappa shape index (κ2) is 5.50. The van der Waals surface area contributed by atoms with Crippen LogP contribution in [0.15, 0.2) is 17.3 Å². The fourth-order valence-electron chi connectivity index (χ4n) is 1.86. The predicted molar refractivity (Wildman–Crippen MR) is 71.9 cm³/mol. The summed E-state index contributed by atoms with van der Waals surface area (Å²) in [6, 6.07) is 0.297. The summed E-state index contributed by atoms with van der Waals surface area (Å²) in [5.74, 6) is 0. The van der Waals surface area contributed by atoms with E-state index in [4.69, 9.17) is 0 Å². The van der Waals surface area contributed by atoms with Gasteiger partial charge < -0.3 is 10.4 Å². The fraction of sp³-hybridized carbons (Fsp3) is 0.583. The Morgan fingerprint density at radius 1 is 1.47 bits per heavy atom. The lowest BCUT2D eigenvalue weighted by Crippen LogP contribution is -2.36. The molecule has 2 N–H and O–H groups in total. The average molecular weight is 265 g/mol. The topological polar surface area (TPSA) is 85.0 Å². The summed E-state index contributed by atoms with van der Waals surface area (Å²) in [5.41, 5.74) is 0.373. The lowest BCUT2D eigenvalue weighted by atomic mass is 10.3. The first-order valence-corrected chi connectivity index (χ1v) is 6.27.